The fourth-order valence-corrected chi connectivity index (χ4v) is 7.20. The molecule has 0 atom stereocenters. The summed E-state index contributed by atoms with van der Waals surface area (Å²) in [7, 11) is 0. The Bertz CT molecular complexity index is 2810. The molecule has 0 amide bonds. The zero-order valence-electron chi connectivity index (χ0n) is 24.8. The van der Waals surface area contributed by atoms with Crippen molar-refractivity contribution in [2.24, 2.45) is 0 Å². The van der Waals surface area contributed by atoms with E-state index in [0.29, 0.717) is 0 Å². The number of fused-ring (bicyclic) bond motifs is 8. The molecule has 0 aliphatic heterocycles. The van der Waals surface area contributed by atoms with Crippen molar-refractivity contribution in [1.29, 1.82) is 0 Å². The van der Waals surface area contributed by atoms with Gasteiger partial charge in [-0.3, -0.25) is 4.57 Å². The SMILES string of the molecule is c1ccc(-n2c3ccccc3c3ccc(-c4nc5ccccc5nc4-n4c5ccccc5c5cc6ccccc6cc54)cc32)cc1. The van der Waals surface area contributed by atoms with Crippen molar-refractivity contribution in [3.05, 3.63) is 158 Å². The minimum Gasteiger partial charge on any atom is -0.309 e. The van der Waals surface area contributed by atoms with Gasteiger partial charge in [0.2, 0.25) is 0 Å². The first kappa shape index (κ1) is 25.1. The van der Waals surface area contributed by atoms with Crippen LogP contribution in [0.4, 0.5) is 0 Å². The molecule has 214 valence electrons. The van der Waals surface area contributed by atoms with Crippen LogP contribution in [0.2, 0.25) is 0 Å². The van der Waals surface area contributed by atoms with E-state index in [1.54, 1.807) is 0 Å². The van der Waals surface area contributed by atoms with Gasteiger partial charge in [-0.25, -0.2) is 9.97 Å². The number of nitrogens with zero attached hydrogens (tertiary/aromatic N) is 4. The summed E-state index contributed by atoms with van der Waals surface area (Å²) in [5, 5.41) is 7.26. The highest BCUT2D eigenvalue weighted by atomic mass is 15.1. The van der Waals surface area contributed by atoms with Crippen molar-refractivity contribution in [1.82, 2.24) is 19.1 Å². The van der Waals surface area contributed by atoms with Gasteiger partial charge in [-0.05, 0) is 65.4 Å². The summed E-state index contributed by atoms with van der Waals surface area (Å²) in [6.07, 6.45) is 0. The lowest BCUT2D eigenvalue weighted by Crippen LogP contribution is -2.04. The Morgan fingerprint density at radius 1 is 0.370 bits per heavy atom. The molecule has 3 heterocycles. The summed E-state index contributed by atoms with van der Waals surface area (Å²) >= 11 is 0. The molecule has 0 aliphatic rings. The number of aromatic nitrogens is 4. The smallest absolute Gasteiger partial charge is 0.165 e. The van der Waals surface area contributed by atoms with Crippen LogP contribution in [-0.2, 0) is 0 Å². The molecule has 3 aromatic heterocycles. The molecule has 10 aromatic rings. The second-order valence-corrected chi connectivity index (χ2v) is 11.9. The van der Waals surface area contributed by atoms with Crippen LogP contribution in [0.25, 0.3) is 88.2 Å². The van der Waals surface area contributed by atoms with Crippen LogP contribution in [0.15, 0.2) is 158 Å². The molecule has 0 N–H and O–H groups in total. The average molecular weight is 587 g/mol. The maximum absolute atomic E-state index is 5.37. The Hall–Kier alpha value is -6.26. The zero-order chi connectivity index (χ0) is 30.2. The van der Waals surface area contributed by atoms with Gasteiger partial charge in [0.1, 0.15) is 5.69 Å². The fraction of sp³-hybridized carbons (Fsp3) is 0. The van der Waals surface area contributed by atoms with E-state index in [1.807, 2.05) is 12.1 Å². The van der Waals surface area contributed by atoms with E-state index < -0.39 is 0 Å². The first-order valence-electron chi connectivity index (χ1n) is 15.6. The number of hydrogen-bond acceptors (Lipinski definition) is 2. The fourth-order valence-electron chi connectivity index (χ4n) is 7.20. The largest absolute Gasteiger partial charge is 0.309 e. The highest BCUT2D eigenvalue weighted by Gasteiger charge is 2.21. The van der Waals surface area contributed by atoms with Crippen molar-refractivity contribution >= 4 is 65.4 Å². The van der Waals surface area contributed by atoms with Crippen LogP contribution in [-0.4, -0.2) is 19.1 Å². The molecule has 0 fully saturated rings. The molecule has 7 aromatic carbocycles. The van der Waals surface area contributed by atoms with Gasteiger partial charge in [0.05, 0.1) is 33.1 Å². The van der Waals surface area contributed by atoms with Crippen LogP contribution in [0.5, 0.6) is 0 Å². The minimum atomic E-state index is 0.821. The van der Waals surface area contributed by atoms with E-state index in [0.717, 1.165) is 50.3 Å². The summed E-state index contributed by atoms with van der Waals surface area (Å²) in [5.74, 6) is 0.821. The molecule has 0 saturated carbocycles. The molecular weight excluding hydrogens is 560 g/mol. The average Bonchev–Trinajstić information content (AvgIpc) is 3.62. The summed E-state index contributed by atoms with van der Waals surface area (Å²) in [4.78, 5) is 10.7. The summed E-state index contributed by atoms with van der Waals surface area (Å²) < 4.78 is 4.66. The predicted molar refractivity (Wildman–Crippen MR) is 191 cm³/mol. The van der Waals surface area contributed by atoms with Gasteiger partial charge in [-0.15, -0.1) is 0 Å². The van der Waals surface area contributed by atoms with E-state index >= 15 is 0 Å². The quantitative estimate of drug-likeness (QED) is 0.206. The molecule has 4 heteroatoms. The second-order valence-electron chi connectivity index (χ2n) is 11.9. The van der Waals surface area contributed by atoms with Crippen LogP contribution in [0, 0.1) is 0 Å². The van der Waals surface area contributed by atoms with Gasteiger partial charge in [-0.1, -0.05) is 103 Å². The Kier molecular flexibility index (Phi) is 5.25. The Labute approximate surface area is 264 Å². The maximum Gasteiger partial charge on any atom is 0.165 e. The first-order chi connectivity index (χ1) is 22.8. The molecular formula is C42H26N4. The van der Waals surface area contributed by atoms with Gasteiger partial charge in [-0.2, -0.15) is 0 Å². The summed E-state index contributed by atoms with van der Waals surface area (Å²) in [5.41, 5.74) is 9.28. The standard InChI is InChI=1S/C42H26N4/c1-2-14-30(15-3-1)45-37-20-10-6-16-31(37)33-23-22-29(26-39(33)45)41-42(44-36-19-9-8-18-35(36)43-41)46-38-21-11-7-17-32(38)34-24-27-12-4-5-13-28(27)25-40(34)46/h1-26H. The maximum atomic E-state index is 5.37. The third-order valence-electron chi connectivity index (χ3n) is 9.27. The first-order valence-corrected chi connectivity index (χ1v) is 15.6. The summed E-state index contributed by atoms with van der Waals surface area (Å²) in [6, 6.07) is 55.9. The monoisotopic (exact) mass is 586 g/mol. The van der Waals surface area contributed by atoms with E-state index in [9.17, 15) is 0 Å². The molecule has 4 nitrogen and oxygen atoms in total. The van der Waals surface area contributed by atoms with E-state index in [1.165, 1.54) is 37.8 Å². The Balaban J connectivity index is 1.33. The molecule has 10 rings (SSSR count). The van der Waals surface area contributed by atoms with Gasteiger partial charge in [0, 0.05) is 32.8 Å². The van der Waals surface area contributed by atoms with Crippen molar-refractivity contribution in [2.75, 3.05) is 0 Å². The third-order valence-corrected chi connectivity index (χ3v) is 9.27. The Morgan fingerprint density at radius 2 is 0.935 bits per heavy atom. The van der Waals surface area contributed by atoms with E-state index in [-0.39, 0.29) is 0 Å². The lowest BCUT2D eigenvalue weighted by atomic mass is 10.1. The number of hydrogen-bond donors (Lipinski definition) is 0. The van der Waals surface area contributed by atoms with Crippen molar-refractivity contribution in [2.45, 2.75) is 0 Å². The van der Waals surface area contributed by atoms with Gasteiger partial charge in [0.25, 0.3) is 0 Å². The number of para-hydroxylation sites is 5. The normalized spacial score (nSPS) is 11.9. The van der Waals surface area contributed by atoms with Crippen molar-refractivity contribution < 1.29 is 0 Å². The van der Waals surface area contributed by atoms with Crippen LogP contribution in [0.3, 0.4) is 0 Å². The highest BCUT2D eigenvalue weighted by Crippen LogP contribution is 2.39. The lowest BCUT2D eigenvalue weighted by Gasteiger charge is -2.14. The van der Waals surface area contributed by atoms with Gasteiger partial charge in [0.15, 0.2) is 5.82 Å². The lowest BCUT2D eigenvalue weighted by molar-refractivity contribution is 1.08. The summed E-state index contributed by atoms with van der Waals surface area (Å²) in [6.45, 7) is 0. The van der Waals surface area contributed by atoms with Gasteiger partial charge >= 0.3 is 0 Å². The molecule has 46 heavy (non-hydrogen) atoms. The highest BCUT2D eigenvalue weighted by molar-refractivity contribution is 6.14. The molecule has 0 radical (unpaired) electrons. The minimum absolute atomic E-state index is 0.821. The van der Waals surface area contributed by atoms with Gasteiger partial charge < -0.3 is 4.57 Å². The molecule has 0 spiro atoms. The van der Waals surface area contributed by atoms with E-state index in [4.69, 9.17) is 9.97 Å². The molecule has 0 aliphatic carbocycles. The number of rotatable bonds is 3. The predicted octanol–water partition coefficient (Wildman–Crippen LogP) is 10.6. The molecule has 0 saturated heterocycles. The van der Waals surface area contributed by atoms with Crippen LogP contribution >= 0.6 is 0 Å². The molecule has 0 unspecified atom stereocenters. The van der Waals surface area contributed by atoms with Crippen LogP contribution < -0.4 is 0 Å². The zero-order valence-corrected chi connectivity index (χ0v) is 24.8. The molecule has 0 bridgehead atoms. The number of benzene rings is 7. The third kappa shape index (κ3) is 3.61. The second kappa shape index (κ2) is 9.62. The van der Waals surface area contributed by atoms with Crippen molar-refractivity contribution in [3.63, 3.8) is 0 Å². The topological polar surface area (TPSA) is 35.6 Å². The van der Waals surface area contributed by atoms with E-state index in [2.05, 4.69) is 155 Å². The Morgan fingerprint density at radius 3 is 1.72 bits per heavy atom. The van der Waals surface area contributed by atoms with Crippen molar-refractivity contribution in [3.8, 4) is 22.8 Å². The van der Waals surface area contributed by atoms with Crippen LogP contribution in [0.1, 0.15) is 0 Å².